The van der Waals surface area contributed by atoms with Crippen molar-refractivity contribution in [3.63, 3.8) is 0 Å². The Morgan fingerprint density at radius 1 is 1.47 bits per heavy atom. The highest BCUT2D eigenvalue weighted by molar-refractivity contribution is 5.85. The van der Waals surface area contributed by atoms with Gasteiger partial charge >= 0.3 is 0 Å². The van der Waals surface area contributed by atoms with Crippen LogP contribution in [0.4, 0.5) is 0 Å². The maximum Gasteiger partial charge on any atom is 0.144 e. The van der Waals surface area contributed by atoms with Crippen molar-refractivity contribution in [3.05, 3.63) is 12.7 Å². The van der Waals surface area contributed by atoms with Gasteiger partial charge in [0.15, 0.2) is 0 Å². The van der Waals surface area contributed by atoms with Crippen molar-refractivity contribution >= 4 is 5.84 Å². The second-order valence-corrected chi connectivity index (χ2v) is 4.56. The second kappa shape index (κ2) is 9.01. The molecule has 0 amide bonds. The van der Waals surface area contributed by atoms with Crippen LogP contribution in [0.2, 0.25) is 0 Å². The third kappa shape index (κ3) is 7.76. The molecule has 17 heavy (non-hydrogen) atoms. The molecule has 0 aromatic rings. The molecule has 0 aromatic heterocycles. The van der Waals surface area contributed by atoms with E-state index < -0.39 is 0 Å². The zero-order valence-electron chi connectivity index (χ0n) is 10.9. The Balaban J connectivity index is 3.48. The van der Waals surface area contributed by atoms with Gasteiger partial charge in [0.25, 0.3) is 0 Å². The van der Waals surface area contributed by atoms with E-state index in [9.17, 15) is 0 Å². The number of nitrogens with two attached hydrogens (primary N) is 1. The molecule has 0 fully saturated rings. The number of ether oxygens (including phenoxy) is 1. The summed E-state index contributed by atoms with van der Waals surface area (Å²) in [5.41, 5.74) is 5.30. The van der Waals surface area contributed by atoms with Gasteiger partial charge in [-0.3, -0.25) is 0 Å². The normalized spacial score (nSPS) is 12.7. The summed E-state index contributed by atoms with van der Waals surface area (Å²) in [6.07, 6.45) is 3.54. The zero-order valence-corrected chi connectivity index (χ0v) is 10.9. The lowest BCUT2D eigenvalue weighted by Gasteiger charge is -2.22. The van der Waals surface area contributed by atoms with Crippen LogP contribution in [-0.2, 0) is 4.74 Å². The molecule has 0 atom stereocenters. The molecule has 0 aliphatic heterocycles. The third-order valence-electron chi connectivity index (χ3n) is 2.62. The molecule has 0 bridgehead atoms. The number of oxime groups is 1. The standard InChI is InChI=1S/C12H25N3O2/c1-4-5-9-17-10-8-14-7-6-12(2,3)11(13)15-16/h4,14,16H,1,5-10H2,2-3H3,(H2,13,15). The van der Waals surface area contributed by atoms with Gasteiger partial charge in [-0.25, -0.2) is 0 Å². The van der Waals surface area contributed by atoms with Crippen LogP contribution in [0, 0.1) is 5.41 Å². The fraction of sp³-hybridized carbons (Fsp3) is 0.750. The minimum absolute atomic E-state index is 0.265. The van der Waals surface area contributed by atoms with Crippen LogP contribution in [0.25, 0.3) is 0 Å². The summed E-state index contributed by atoms with van der Waals surface area (Å²) in [5, 5.41) is 14.9. The van der Waals surface area contributed by atoms with Crippen LogP contribution in [-0.4, -0.2) is 37.3 Å². The smallest absolute Gasteiger partial charge is 0.144 e. The predicted molar refractivity (Wildman–Crippen MR) is 70.3 cm³/mol. The molecule has 0 saturated heterocycles. The van der Waals surface area contributed by atoms with Gasteiger partial charge in [0.1, 0.15) is 5.84 Å². The lowest BCUT2D eigenvalue weighted by atomic mass is 9.88. The highest BCUT2D eigenvalue weighted by atomic mass is 16.5. The summed E-state index contributed by atoms with van der Waals surface area (Å²) in [7, 11) is 0. The van der Waals surface area contributed by atoms with Crippen molar-refractivity contribution in [2.45, 2.75) is 26.7 Å². The van der Waals surface area contributed by atoms with Crippen molar-refractivity contribution in [2.24, 2.45) is 16.3 Å². The number of rotatable bonds is 10. The van der Waals surface area contributed by atoms with Gasteiger partial charge < -0.3 is 21.0 Å². The molecular weight excluding hydrogens is 218 g/mol. The van der Waals surface area contributed by atoms with Crippen LogP contribution in [0.3, 0.4) is 0 Å². The Hall–Kier alpha value is -1.07. The van der Waals surface area contributed by atoms with Gasteiger partial charge in [0.2, 0.25) is 0 Å². The Kier molecular flexibility index (Phi) is 8.44. The van der Waals surface area contributed by atoms with E-state index in [0.29, 0.717) is 6.61 Å². The first-order valence-electron chi connectivity index (χ1n) is 5.92. The Labute approximate surface area is 104 Å². The number of nitrogens with one attached hydrogen (secondary N) is 1. The van der Waals surface area contributed by atoms with Gasteiger partial charge in [-0.15, -0.1) is 6.58 Å². The van der Waals surface area contributed by atoms with Crippen molar-refractivity contribution in [1.29, 1.82) is 0 Å². The summed E-state index contributed by atoms with van der Waals surface area (Å²) >= 11 is 0. The zero-order chi connectivity index (χ0) is 13.1. The van der Waals surface area contributed by atoms with E-state index in [2.05, 4.69) is 17.1 Å². The number of hydrogen-bond donors (Lipinski definition) is 3. The van der Waals surface area contributed by atoms with Crippen molar-refractivity contribution in [2.75, 3.05) is 26.3 Å². The van der Waals surface area contributed by atoms with Gasteiger partial charge in [-0.05, 0) is 19.4 Å². The summed E-state index contributed by atoms with van der Waals surface area (Å²) in [5.74, 6) is 0.265. The van der Waals surface area contributed by atoms with Gasteiger partial charge in [-0.1, -0.05) is 25.1 Å². The second-order valence-electron chi connectivity index (χ2n) is 4.56. The van der Waals surface area contributed by atoms with E-state index in [1.165, 1.54) is 0 Å². The summed E-state index contributed by atoms with van der Waals surface area (Å²) in [4.78, 5) is 0. The molecule has 5 heteroatoms. The lowest BCUT2D eigenvalue weighted by molar-refractivity contribution is 0.140. The fourth-order valence-corrected chi connectivity index (χ4v) is 1.20. The summed E-state index contributed by atoms with van der Waals surface area (Å²) in [6, 6.07) is 0. The maximum atomic E-state index is 8.61. The van der Waals surface area contributed by atoms with Crippen molar-refractivity contribution < 1.29 is 9.94 Å². The van der Waals surface area contributed by atoms with E-state index in [1.807, 2.05) is 19.9 Å². The van der Waals surface area contributed by atoms with E-state index in [0.717, 1.165) is 32.5 Å². The first kappa shape index (κ1) is 15.9. The molecule has 0 heterocycles. The molecular formula is C12H25N3O2. The van der Waals surface area contributed by atoms with Gasteiger partial charge in [0, 0.05) is 12.0 Å². The molecule has 5 nitrogen and oxygen atoms in total. The first-order valence-corrected chi connectivity index (χ1v) is 5.92. The molecule has 0 aliphatic carbocycles. The Morgan fingerprint density at radius 2 is 2.18 bits per heavy atom. The highest BCUT2D eigenvalue weighted by Gasteiger charge is 2.22. The topological polar surface area (TPSA) is 79.9 Å². The molecule has 0 radical (unpaired) electrons. The third-order valence-corrected chi connectivity index (χ3v) is 2.62. The van der Waals surface area contributed by atoms with Gasteiger partial charge in [0.05, 0.1) is 13.2 Å². The average molecular weight is 243 g/mol. The number of nitrogens with zero attached hydrogens (tertiary/aromatic N) is 1. The number of amidine groups is 1. The van der Waals surface area contributed by atoms with Crippen LogP contribution < -0.4 is 11.1 Å². The fourth-order valence-electron chi connectivity index (χ4n) is 1.20. The molecule has 100 valence electrons. The van der Waals surface area contributed by atoms with E-state index in [4.69, 9.17) is 15.7 Å². The van der Waals surface area contributed by atoms with Crippen LogP contribution >= 0.6 is 0 Å². The molecule has 0 aromatic carbocycles. The van der Waals surface area contributed by atoms with Gasteiger partial charge in [-0.2, -0.15) is 0 Å². The Bertz CT molecular complexity index is 240. The van der Waals surface area contributed by atoms with Crippen LogP contribution in [0.15, 0.2) is 17.8 Å². The molecule has 0 spiro atoms. The quantitative estimate of drug-likeness (QED) is 0.135. The largest absolute Gasteiger partial charge is 0.409 e. The van der Waals surface area contributed by atoms with E-state index >= 15 is 0 Å². The van der Waals surface area contributed by atoms with Crippen LogP contribution in [0.1, 0.15) is 26.7 Å². The first-order chi connectivity index (χ1) is 8.04. The predicted octanol–water partition coefficient (Wildman–Crippen LogP) is 1.33. The minimum Gasteiger partial charge on any atom is -0.409 e. The van der Waals surface area contributed by atoms with E-state index in [-0.39, 0.29) is 11.3 Å². The van der Waals surface area contributed by atoms with E-state index in [1.54, 1.807) is 0 Å². The van der Waals surface area contributed by atoms with Crippen LogP contribution in [0.5, 0.6) is 0 Å². The molecule has 4 N–H and O–H groups in total. The average Bonchev–Trinajstić information content (AvgIpc) is 2.31. The minimum atomic E-state index is -0.286. The molecule has 0 unspecified atom stereocenters. The monoisotopic (exact) mass is 243 g/mol. The lowest BCUT2D eigenvalue weighted by Crippen LogP contribution is -2.35. The summed E-state index contributed by atoms with van der Waals surface area (Å²) in [6.45, 7) is 10.6. The molecule has 0 saturated carbocycles. The molecule has 0 aliphatic rings. The highest BCUT2D eigenvalue weighted by Crippen LogP contribution is 2.19. The molecule has 0 rings (SSSR count). The summed E-state index contributed by atoms with van der Waals surface area (Å²) < 4.78 is 5.35. The van der Waals surface area contributed by atoms with Crippen molar-refractivity contribution in [1.82, 2.24) is 5.32 Å². The SMILES string of the molecule is C=CCCOCCNCCC(C)(C)/C(N)=N/O. The number of hydrogen-bond acceptors (Lipinski definition) is 4. The van der Waals surface area contributed by atoms with Crippen molar-refractivity contribution in [3.8, 4) is 0 Å². The maximum absolute atomic E-state index is 8.61. The Morgan fingerprint density at radius 3 is 2.76 bits per heavy atom.